The first-order valence-corrected chi connectivity index (χ1v) is 7.18. The van der Waals surface area contributed by atoms with E-state index in [1.807, 2.05) is 11.8 Å². The third-order valence-electron chi connectivity index (χ3n) is 3.23. The van der Waals surface area contributed by atoms with Crippen LogP contribution >= 0.6 is 11.8 Å². The van der Waals surface area contributed by atoms with Gasteiger partial charge in [-0.2, -0.15) is 11.8 Å². The predicted molar refractivity (Wildman–Crippen MR) is 65.4 cm³/mol. The normalized spacial score (nSPS) is 31.6. The molecule has 3 N–H and O–H groups in total. The fourth-order valence-electron chi connectivity index (χ4n) is 2.21. The Morgan fingerprint density at radius 3 is 2.69 bits per heavy atom. The topological polar surface area (TPSA) is 64.4 Å². The van der Waals surface area contributed by atoms with Gasteiger partial charge in [0.15, 0.2) is 0 Å². The zero-order valence-electron chi connectivity index (χ0n) is 9.48. The smallest absolute Gasteiger partial charge is 0.249 e. The van der Waals surface area contributed by atoms with Gasteiger partial charge in [0.2, 0.25) is 5.91 Å². The lowest BCUT2D eigenvalue weighted by Gasteiger charge is -2.24. The first-order chi connectivity index (χ1) is 7.79. The highest BCUT2D eigenvalue weighted by Gasteiger charge is 2.31. The van der Waals surface area contributed by atoms with Crippen LogP contribution in [0.15, 0.2) is 0 Å². The molecule has 5 heteroatoms. The number of hydrogen-bond donors (Lipinski definition) is 2. The van der Waals surface area contributed by atoms with Gasteiger partial charge in [-0.3, -0.25) is 4.79 Å². The third kappa shape index (κ3) is 3.12. The molecule has 0 aromatic heterocycles. The van der Waals surface area contributed by atoms with Gasteiger partial charge in [0.1, 0.15) is 6.10 Å². The Hall–Kier alpha value is -0.260. The quantitative estimate of drug-likeness (QED) is 0.759. The molecule has 2 saturated heterocycles. The summed E-state index contributed by atoms with van der Waals surface area (Å²) in [6.07, 6.45) is 3.72. The first-order valence-electron chi connectivity index (χ1n) is 6.03. The SMILES string of the molecule is NCC1CCC(C(=O)NC2CCSCC2)O1. The van der Waals surface area contributed by atoms with Crippen LogP contribution in [0.4, 0.5) is 0 Å². The third-order valence-corrected chi connectivity index (χ3v) is 4.28. The van der Waals surface area contributed by atoms with E-state index in [0.717, 1.165) is 37.2 Å². The van der Waals surface area contributed by atoms with Gasteiger partial charge in [0.25, 0.3) is 0 Å². The Labute approximate surface area is 101 Å². The highest BCUT2D eigenvalue weighted by Crippen LogP contribution is 2.21. The molecule has 0 radical (unpaired) electrons. The highest BCUT2D eigenvalue weighted by atomic mass is 32.2. The second-order valence-corrected chi connectivity index (χ2v) is 5.68. The lowest BCUT2D eigenvalue weighted by atomic mass is 10.1. The van der Waals surface area contributed by atoms with E-state index in [0.29, 0.717) is 12.6 Å². The summed E-state index contributed by atoms with van der Waals surface area (Å²) in [5, 5.41) is 3.09. The van der Waals surface area contributed by atoms with Gasteiger partial charge in [0.05, 0.1) is 6.10 Å². The number of amides is 1. The van der Waals surface area contributed by atoms with Crippen molar-refractivity contribution in [1.82, 2.24) is 5.32 Å². The van der Waals surface area contributed by atoms with Gasteiger partial charge in [0, 0.05) is 12.6 Å². The van der Waals surface area contributed by atoms with E-state index < -0.39 is 0 Å². The maximum absolute atomic E-state index is 11.9. The van der Waals surface area contributed by atoms with E-state index in [-0.39, 0.29) is 18.1 Å². The second-order valence-electron chi connectivity index (χ2n) is 4.46. The van der Waals surface area contributed by atoms with E-state index in [2.05, 4.69) is 5.32 Å². The number of ether oxygens (including phenoxy) is 1. The Morgan fingerprint density at radius 2 is 2.06 bits per heavy atom. The van der Waals surface area contributed by atoms with Crippen molar-refractivity contribution in [3.05, 3.63) is 0 Å². The Morgan fingerprint density at radius 1 is 1.31 bits per heavy atom. The van der Waals surface area contributed by atoms with E-state index in [1.165, 1.54) is 0 Å². The minimum absolute atomic E-state index is 0.0628. The van der Waals surface area contributed by atoms with Gasteiger partial charge in [-0.15, -0.1) is 0 Å². The van der Waals surface area contributed by atoms with Crippen LogP contribution in [0.5, 0.6) is 0 Å². The standard InChI is InChI=1S/C11H20N2O2S/c12-7-9-1-2-10(15-9)11(14)13-8-3-5-16-6-4-8/h8-10H,1-7,12H2,(H,13,14). The Bertz CT molecular complexity index is 244. The summed E-state index contributed by atoms with van der Waals surface area (Å²) in [5.74, 6) is 2.37. The van der Waals surface area contributed by atoms with Crippen LogP contribution in [0.25, 0.3) is 0 Å². The molecule has 1 amide bonds. The summed E-state index contributed by atoms with van der Waals surface area (Å²) in [6.45, 7) is 0.518. The van der Waals surface area contributed by atoms with Crippen molar-refractivity contribution in [2.24, 2.45) is 5.73 Å². The molecule has 2 rings (SSSR count). The monoisotopic (exact) mass is 244 g/mol. The molecule has 2 aliphatic rings. The Kier molecular flexibility index (Phi) is 4.49. The van der Waals surface area contributed by atoms with Crippen molar-refractivity contribution in [3.63, 3.8) is 0 Å². The maximum atomic E-state index is 11.9. The molecule has 92 valence electrons. The summed E-state index contributed by atoms with van der Waals surface area (Å²) in [6, 6.07) is 0.356. The number of thioether (sulfide) groups is 1. The largest absolute Gasteiger partial charge is 0.364 e. The van der Waals surface area contributed by atoms with Crippen molar-refractivity contribution in [2.75, 3.05) is 18.1 Å². The first kappa shape index (κ1) is 12.2. The van der Waals surface area contributed by atoms with E-state index in [9.17, 15) is 4.79 Å². The fourth-order valence-corrected chi connectivity index (χ4v) is 3.31. The maximum Gasteiger partial charge on any atom is 0.249 e. The van der Waals surface area contributed by atoms with Crippen LogP contribution in [0, 0.1) is 0 Å². The molecular weight excluding hydrogens is 224 g/mol. The number of nitrogens with one attached hydrogen (secondary N) is 1. The van der Waals surface area contributed by atoms with Crippen molar-refractivity contribution in [3.8, 4) is 0 Å². The predicted octanol–water partition coefficient (Wildman–Crippen LogP) is 0.504. The van der Waals surface area contributed by atoms with Crippen molar-refractivity contribution in [2.45, 2.75) is 43.9 Å². The summed E-state index contributed by atoms with van der Waals surface area (Å²) < 4.78 is 5.57. The highest BCUT2D eigenvalue weighted by molar-refractivity contribution is 7.99. The molecule has 0 bridgehead atoms. The van der Waals surface area contributed by atoms with Crippen LogP contribution < -0.4 is 11.1 Å². The molecule has 0 aromatic carbocycles. The van der Waals surface area contributed by atoms with Gasteiger partial charge >= 0.3 is 0 Å². The van der Waals surface area contributed by atoms with E-state index in [1.54, 1.807) is 0 Å². The molecular formula is C11H20N2O2S. The van der Waals surface area contributed by atoms with Crippen molar-refractivity contribution in [1.29, 1.82) is 0 Å². The minimum atomic E-state index is -0.261. The van der Waals surface area contributed by atoms with E-state index >= 15 is 0 Å². The number of nitrogens with two attached hydrogens (primary N) is 1. The summed E-state index contributed by atoms with van der Waals surface area (Å²) in [5.41, 5.74) is 5.52. The zero-order chi connectivity index (χ0) is 11.4. The summed E-state index contributed by atoms with van der Waals surface area (Å²) in [4.78, 5) is 11.9. The van der Waals surface area contributed by atoms with Gasteiger partial charge in [-0.25, -0.2) is 0 Å². The molecule has 2 aliphatic heterocycles. The number of carbonyl (C=O) groups is 1. The molecule has 2 unspecified atom stereocenters. The molecule has 0 aromatic rings. The zero-order valence-corrected chi connectivity index (χ0v) is 10.3. The van der Waals surface area contributed by atoms with Crippen LogP contribution in [0.2, 0.25) is 0 Å². The van der Waals surface area contributed by atoms with Gasteiger partial charge in [-0.05, 0) is 37.2 Å². The van der Waals surface area contributed by atoms with Crippen LogP contribution in [0.1, 0.15) is 25.7 Å². The fraction of sp³-hybridized carbons (Fsp3) is 0.909. The number of rotatable bonds is 3. The minimum Gasteiger partial charge on any atom is -0.364 e. The van der Waals surface area contributed by atoms with Crippen LogP contribution in [0.3, 0.4) is 0 Å². The number of carbonyl (C=O) groups excluding carboxylic acids is 1. The van der Waals surface area contributed by atoms with E-state index in [4.69, 9.17) is 10.5 Å². The molecule has 0 aliphatic carbocycles. The molecule has 2 atom stereocenters. The summed E-state index contributed by atoms with van der Waals surface area (Å²) >= 11 is 1.96. The Balaban J connectivity index is 1.75. The van der Waals surface area contributed by atoms with Crippen LogP contribution in [-0.4, -0.2) is 42.2 Å². The average molecular weight is 244 g/mol. The lowest BCUT2D eigenvalue weighted by molar-refractivity contribution is -0.132. The summed E-state index contributed by atoms with van der Waals surface area (Å²) in [7, 11) is 0. The van der Waals surface area contributed by atoms with Crippen LogP contribution in [-0.2, 0) is 9.53 Å². The molecule has 0 saturated carbocycles. The van der Waals surface area contributed by atoms with Gasteiger partial charge in [-0.1, -0.05) is 0 Å². The molecule has 0 spiro atoms. The number of hydrogen-bond acceptors (Lipinski definition) is 4. The lowest BCUT2D eigenvalue weighted by Crippen LogP contribution is -2.43. The van der Waals surface area contributed by atoms with Crippen molar-refractivity contribution < 1.29 is 9.53 Å². The molecule has 2 heterocycles. The second kappa shape index (κ2) is 5.89. The van der Waals surface area contributed by atoms with Gasteiger partial charge < -0.3 is 15.8 Å². The molecule has 16 heavy (non-hydrogen) atoms. The van der Waals surface area contributed by atoms with Crippen molar-refractivity contribution >= 4 is 17.7 Å². The average Bonchev–Trinajstić information content (AvgIpc) is 2.79. The molecule has 4 nitrogen and oxygen atoms in total. The molecule has 2 fully saturated rings.